The molecule has 62 heavy (non-hydrogen) atoms. The fourth-order valence-electron chi connectivity index (χ4n) is 9.12. The van der Waals surface area contributed by atoms with Gasteiger partial charge in [0, 0.05) is 80.5 Å². The van der Waals surface area contributed by atoms with Crippen LogP contribution in [0.15, 0.2) is 48.5 Å². The molecule has 2 aliphatic heterocycles. The van der Waals surface area contributed by atoms with Crippen molar-refractivity contribution >= 4 is 45.3 Å². The number of esters is 1. The Morgan fingerprint density at radius 1 is 0.839 bits per heavy atom. The number of hydrogen-bond donors (Lipinski definition) is 0. The summed E-state index contributed by atoms with van der Waals surface area (Å²) in [4.78, 5) is 34.0. The Balaban J connectivity index is 1.13. The smallest absolute Gasteiger partial charge is 0.410 e. The number of piperazine rings is 1. The number of ether oxygens (including phenoxy) is 3. The van der Waals surface area contributed by atoms with Gasteiger partial charge in [0.1, 0.15) is 28.5 Å². The van der Waals surface area contributed by atoms with Crippen LogP contribution in [0.1, 0.15) is 88.2 Å². The average Bonchev–Trinajstić information content (AvgIpc) is 3.65. The Morgan fingerprint density at radius 2 is 1.53 bits per heavy atom. The molecule has 0 unspecified atom stereocenters. The zero-order chi connectivity index (χ0) is 44.5. The maximum absolute atomic E-state index is 14.6. The number of hydrogen-bond acceptors (Lipinski definition) is 8. The zero-order valence-electron chi connectivity index (χ0n) is 38.1. The van der Waals surface area contributed by atoms with Gasteiger partial charge in [-0.1, -0.05) is 29.8 Å². The molecular formula is C49H64ClFN6O5. The van der Waals surface area contributed by atoms with Crippen LogP contribution in [-0.4, -0.2) is 111 Å². The molecule has 334 valence electrons. The fourth-order valence-corrected chi connectivity index (χ4v) is 9.37. The van der Waals surface area contributed by atoms with Crippen LogP contribution in [0, 0.1) is 25.6 Å². The van der Waals surface area contributed by atoms with Crippen LogP contribution in [0.25, 0.3) is 32.8 Å². The van der Waals surface area contributed by atoms with Crippen molar-refractivity contribution in [3.63, 3.8) is 0 Å². The van der Waals surface area contributed by atoms with Gasteiger partial charge < -0.3 is 28.6 Å². The second-order valence-corrected chi connectivity index (χ2v) is 19.5. The molecule has 2 aromatic heterocycles. The molecule has 11 nitrogen and oxygen atoms in total. The second-order valence-electron chi connectivity index (χ2n) is 19.1. The minimum Gasteiger partial charge on any atom is -0.493 e. The molecule has 0 spiro atoms. The molecule has 0 atom stereocenters. The van der Waals surface area contributed by atoms with Gasteiger partial charge in [-0.05, 0) is 141 Å². The standard InChI is InChI=1S/C49H64ClFN6O5/c1-32-42(33(2)53(9)52-32)43-40(50)18-17-39-38(13-11-29-60-41-14-10-12-35-30-36(51)15-16-37(35)41)45(46(58)61-48(3,4)5)57(44(39)43)28-25-54-21-19-34(20-22-54)31-55-23-26-56(27-24-55)47(59)62-49(6,7)8/h10,12,14-18,30,34H,11,13,19-29,31H2,1-9H3. The Kier molecular flexibility index (Phi) is 13.6. The maximum atomic E-state index is 14.6. The number of likely N-dealkylation sites (tertiary alicyclic amines) is 1. The van der Waals surface area contributed by atoms with Gasteiger partial charge >= 0.3 is 12.1 Å². The number of halogens is 2. The molecule has 13 heteroatoms. The first-order valence-corrected chi connectivity index (χ1v) is 22.6. The predicted molar refractivity (Wildman–Crippen MR) is 245 cm³/mol. The van der Waals surface area contributed by atoms with E-state index < -0.39 is 11.2 Å². The van der Waals surface area contributed by atoms with Crippen LogP contribution in [0.5, 0.6) is 5.75 Å². The lowest BCUT2D eigenvalue weighted by Gasteiger charge is -2.39. The van der Waals surface area contributed by atoms with E-state index in [1.165, 1.54) is 12.1 Å². The summed E-state index contributed by atoms with van der Waals surface area (Å²) in [5.74, 6) is 0.617. The van der Waals surface area contributed by atoms with E-state index in [1.54, 1.807) is 6.07 Å². The van der Waals surface area contributed by atoms with Crippen LogP contribution in [0.4, 0.5) is 9.18 Å². The lowest BCUT2D eigenvalue weighted by molar-refractivity contribution is 0.00551. The predicted octanol–water partition coefficient (Wildman–Crippen LogP) is 9.84. The van der Waals surface area contributed by atoms with E-state index in [0.29, 0.717) is 61.5 Å². The quantitative estimate of drug-likeness (QED) is 0.0904. The van der Waals surface area contributed by atoms with E-state index in [1.807, 2.05) is 95.4 Å². The molecule has 0 radical (unpaired) electrons. The highest BCUT2D eigenvalue weighted by Crippen LogP contribution is 2.42. The number of piperidine rings is 1. The summed E-state index contributed by atoms with van der Waals surface area (Å²) in [7, 11) is 1.94. The van der Waals surface area contributed by atoms with Gasteiger partial charge in [0.05, 0.1) is 22.8 Å². The highest BCUT2D eigenvalue weighted by Gasteiger charge is 2.32. The number of carbonyl (C=O) groups excluding carboxylic acids is 2. The summed E-state index contributed by atoms with van der Waals surface area (Å²) >= 11 is 7.21. The van der Waals surface area contributed by atoms with Gasteiger partial charge in [0.25, 0.3) is 0 Å². The molecule has 1 amide bonds. The third-order valence-corrected chi connectivity index (χ3v) is 12.5. The molecule has 4 heterocycles. The van der Waals surface area contributed by atoms with Gasteiger partial charge in [0.15, 0.2) is 0 Å². The summed E-state index contributed by atoms with van der Waals surface area (Å²) in [5, 5.41) is 7.96. The van der Waals surface area contributed by atoms with Gasteiger partial charge in [-0.15, -0.1) is 0 Å². The van der Waals surface area contributed by atoms with Crippen molar-refractivity contribution in [3.05, 3.63) is 82.0 Å². The summed E-state index contributed by atoms with van der Waals surface area (Å²) < 4.78 is 36.2. The molecule has 3 aromatic carbocycles. The van der Waals surface area contributed by atoms with E-state index in [0.717, 1.165) is 102 Å². The first kappa shape index (κ1) is 45.4. The fraction of sp³-hybridized carbons (Fsp3) is 0.531. The summed E-state index contributed by atoms with van der Waals surface area (Å²) in [6.45, 7) is 23.2. The molecule has 2 aliphatic rings. The highest BCUT2D eigenvalue weighted by atomic mass is 35.5. The van der Waals surface area contributed by atoms with Crippen LogP contribution >= 0.6 is 11.6 Å². The van der Waals surface area contributed by atoms with Crippen LogP contribution in [-0.2, 0) is 29.5 Å². The normalized spacial score (nSPS) is 16.1. The zero-order valence-corrected chi connectivity index (χ0v) is 38.8. The second kappa shape index (κ2) is 18.6. The molecule has 0 aliphatic carbocycles. The van der Waals surface area contributed by atoms with Crippen molar-refractivity contribution in [1.82, 2.24) is 29.0 Å². The molecule has 7 rings (SSSR count). The average molecular weight is 872 g/mol. The number of fused-ring (bicyclic) bond motifs is 2. The topological polar surface area (TPSA) is 94.3 Å². The van der Waals surface area contributed by atoms with Gasteiger partial charge in [-0.3, -0.25) is 9.58 Å². The van der Waals surface area contributed by atoms with E-state index in [4.69, 9.17) is 30.9 Å². The minimum atomic E-state index is -0.714. The Morgan fingerprint density at radius 3 is 2.19 bits per heavy atom. The molecular weight excluding hydrogens is 807 g/mol. The minimum absolute atomic E-state index is 0.228. The van der Waals surface area contributed by atoms with Gasteiger partial charge in [-0.2, -0.15) is 5.10 Å². The van der Waals surface area contributed by atoms with E-state index in [9.17, 15) is 14.0 Å². The Bertz CT molecular complexity index is 2410. The third-order valence-electron chi connectivity index (χ3n) is 12.1. The largest absolute Gasteiger partial charge is 0.493 e. The Hall–Kier alpha value is -4.65. The number of amides is 1. The highest BCUT2D eigenvalue weighted by molar-refractivity contribution is 6.35. The van der Waals surface area contributed by atoms with Gasteiger partial charge in [-0.25, -0.2) is 14.0 Å². The number of aryl methyl sites for hydroxylation is 3. The number of rotatable bonds is 12. The number of carbonyl (C=O) groups is 2. The first-order valence-electron chi connectivity index (χ1n) is 22.2. The monoisotopic (exact) mass is 870 g/mol. The number of aromatic nitrogens is 3. The first-order chi connectivity index (χ1) is 29.4. The van der Waals surface area contributed by atoms with Crippen molar-refractivity contribution in [2.24, 2.45) is 13.0 Å². The van der Waals surface area contributed by atoms with E-state index in [-0.39, 0.29) is 17.9 Å². The molecule has 0 saturated carbocycles. The number of benzene rings is 3. The van der Waals surface area contributed by atoms with E-state index >= 15 is 0 Å². The van der Waals surface area contributed by atoms with Crippen molar-refractivity contribution in [2.75, 3.05) is 59.0 Å². The van der Waals surface area contributed by atoms with Crippen molar-refractivity contribution in [3.8, 4) is 16.9 Å². The Labute approximate surface area is 371 Å². The van der Waals surface area contributed by atoms with Crippen molar-refractivity contribution < 1.29 is 28.2 Å². The summed E-state index contributed by atoms with van der Waals surface area (Å²) in [6.07, 6.45) is 3.12. The molecule has 0 bridgehead atoms. The maximum Gasteiger partial charge on any atom is 0.410 e. The molecule has 0 N–H and O–H groups in total. The molecule has 2 saturated heterocycles. The molecule has 5 aromatic rings. The van der Waals surface area contributed by atoms with Crippen LogP contribution in [0.3, 0.4) is 0 Å². The summed E-state index contributed by atoms with van der Waals surface area (Å²) in [5.41, 5.74) is 4.83. The van der Waals surface area contributed by atoms with Crippen LogP contribution in [0.2, 0.25) is 5.02 Å². The van der Waals surface area contributed by atoms with Gasteiger partial charge in [0.2, 0.25) is 0 Å². The molecule has 2 fully saturated rings. The third kappa shape index (κ3) is 10.4. The van der Waals surface area contributed by atoms with Crippen molar-refractivity contribution in [1.29, 1.82) is 0 Å². The lowest BCUT2D eigenvalue weighted by atomic mass is 9.96. The van der Waals surface area contributed by atoms with Crippen molar-refractivity contribution in [2.45, 2.75) is 98.8 Å². The van der Waals surface area contributed by atoms with Crippen LogP contribution < -0.4 is 4.74 Å². The summed E-state index contributed by atoms with van der Waals surface area (Å²) in [6, 6.07) is 14.4. The number of nitrogens with zero attached hydrogens (tertiary/aromatic N) is 6. The van der Waals surface area contributed by atoms with E-state index in [2.05, 4.69) is 21.3 Å². The SMILES string of the molecule is Cc1nn(C)c(C)c1-c1c(Cl)ccc2c(CCCOc3cccc4cc(F)ccc34)c(C(=O)OC(C)(C)C)n(CCN3CCC(CN4CCN(C(=O)OC(C)(C)C)CC4)CC3)c12. The lowest BCUT2D eigenvalue weighted by Crippen LogP contribution is -2.51.